The minimum Gasteiger partial charge on any atom is -0.325 e. The van der Waals surface area contributed by atoms with Crippen LogP contribution in [0.5, 0.6) is 0 Å². The van der Waals surface area contributed by atoms with Crippen LogP contribution in [0.1, 0.15) is 11.1 Å². The van der Waals surface area contributed by atoms with Gasteiger partial charge in [-0.05, 0) is 30.0 Å². The summed E-state index contributed by atoms with van der Waals surface area (Å²) in [6.07, 6.45) is 2.07. The highest BCUT2D eigenvalue weighted by Crippen LogP contribution is 2.37. The summed E-state index contributed by atoms with van der Waals surface area (Å²) in [5, 5.41) is 0. The smallest absolute Gasteiger partial charge is 0.0591 e. The zero-order chi connectivity index (χ0) is 8.55. The van der Waals surface area contributed by atoms with Gasteiger partial charge in [-0.1, -0.05) is 0 Å². The second kappa shape index (κ2) is 3.30. The summed E-state index contributed by atoms with van der Waals surface area (Å²) in [7, 11) is 0. The van der Waals surface area contributed by atoms with Gasteiger partial charge in [-0.3, -0.25) is 0 Å². The molecule has 1 aromatic carbocycles. The van der Waals surface area contributed by atoms with E-state index in [1.54, 1.807) is 0 Å². The quantitative estimate of drug-likeness (QED) is 0.718. The maximum Gasteiger partial charge on any atom is 0.0591 e. The first-order chi connectivity index (χ1) is 5.86. The fraction of sp³-hybridized carbons (Fsp3) is 0.250. The van der Waals surface area contributed by atoms with Crippen molar-refractivity contribution in [3.63, 3.8) is 0 Å². The monoisotopic (exact) mass is 199 g/mol. The van der Waals surface area contributed by atoms with Crippen LogP contribution in [0.25, 0.3) is 0 Å². The fourth-order valence-electron chi connectivity index (χ4n) is 1.33. The van der Waals surface area contributed by atoms with Crippen LogP contribution in [-0.4, -0.2) is 9.11 Å². The van der Waals surface area contributed by atoms with Crippen LogP contribution in [-0.2, 0) is 12.8 Å². The summed E-state index contributed by atoms with van der Waals surface area (Å²) in [6, 6.07) is 4.82. The zero-order valence-corrected chi connectivity index (χ0v) is 7.84. The molecule has 0 bridgehead atoms. The van der Waals surface area contributed by atoms with Crippen molar-refractivity contribution in [2.45, 2.75) is 22.6 Å². The van der Waals surface area contributed by atoms with E-state index in [-0.39, 0.29) is 0 Å². The van der Waals surface area contributed by atoms with E-state index in [0.29, 0.717) is 29.0 Å². The van der Waals surface area contributed by atoms with Gasteiger partial charge < -0.3 is 9.11 Å². The molecule has 1 aromatic rings. The van der Waals surface area contributed by atoms with E-state index < -0.39 is 0 Å². The Labute approximate surface area is 79.4 Å². The molecule has 2 nitrogen and oxygen atoms in total. The summed E-state index contributed by atoms with van der Waals surface area (Å²) < 4.78 is 17.8. The van der Waals surface area contributed by atoms with Crippen molar-refractivity contribution in [3.8, 4) is 0 Å². The lowest BCUT2D eigenvalue weighted by atomic mass is 9.89. The fourth-order valence-corrected chi connectivity index (χ4v) is 2.36. The summed E-state index contributed by atoms with van der Waals surface area (Å²) in [5.41, 5.74) is 2.40. The molecule has 12 heavy (non-hydrogen) atoms. The number of hydrogen-bond acceptors (Lipinski definition) is 4. The molecule has 2 rings (SSSR count). The van der Waals surface area contributed by atoms with Crippen LogP contribution in [0, 0.1) is 6.07 Å². The molecule has 0 fully saturated rings. The highest BCUT2D eigenvalue weighted by atomic mass is 32.2. The highest BCUT2D eigenvalue weighted by Gasteiger charge is 2.20. The van der Waals surface area contributed by atoms with Gasteiger partial charge in [-0.15, -0.1) is 0 Å². The van der Waals surface area contributed by atoms with Gasteiger partial charge >= 0.3 is 0 Å². The third-order valence-corrected chi connectivity index (χ3v) is 3.34. The van der Waals surface area contributed by atoms with Crippen molar-refractivity contribution in [2.24, 2.45) is 0 Å². The van der Waals surface area contributed by atoms with E-state index in [2.05, 4.69) is 6.07 Å². The highest BCUT2D eigenvalue weighted by molar-refractivity contribution is 7.96. The molecule has 0 saturated heterocycles. The molecule has 1 aliphatic rings. The standard InChI is InChI=1S/C8H7O2S2/c9-11-7-4-2-5-1-3-6(5)8(7)12-10/h2,9-10H,1,3H2. The molecule has 2 N–H and O–H groups in total. The molecule has 1 radical (unpaired) electrons. The average molecular weight is 199 g/mol. The Morgan fingerprint density at radius 1 is 1.25 bits per heavy atom. The molecule has 0 aromatic heterocycles. The molecule has 0 unspecified atom stereocenters. The first-order valence-electron chi connectivity index (χ1n) is 3.56. The molecule has 0 atom stereocenters. The van der Waals surface area contributed by atoms with Gasteiger partial charge in [0.1, 0.15) is 0 Å². The molecule has 0 spiro atoms. The number of fused-ring (bicyclic) bond motifs is 1. The Morgan fingerprint density at radius 2 is 2.08 bits per heavy atom. The van der Waals surface area contributed by atoms with Crippen LogP contribution in [0.15, 0.2) is 15.9 Å². The molecule has 0 aliphatic heterocycles. The molecule has 4 heteroatoms. The van der Waals surface area contributed by atoms with Gasteiger partial charge in [0, 0.05) is 30.2 Å². The molecule has 0 saturated carbocycles. The van der Waals surface area contributed by atoms with Crippen molar-refractivity contribution in [1.82, 2.24) is 0 Å². The first kappa shape index (κ1) is 8.44. The van der Waals surface area contributed by atoms with E-state index in [4.69, 9.17) is 9.11 Å². The van der Waals surface area contributed by atoms with Gasteiger partial charge in [0.25, 0.3) is 0 Å². The average Bonchev–Trinajstić information content (AvgIpc) is 2.06. The summed E-state index contributed by atoms with van der Waals surface area (Å²) in [5.74, 6) is 0. The maximum absolute atomic E-state index is 8.96. The number of hydrogen-bond donors (Lipinski definition) is 2. The second-order valence-electron chi connectivity index (χ2n) is 2.63. The summed E-state index contributed by atoms with van der Waals surface area (Å²) in [6.45, 7) is 0. The molecular weight excluding hydrogens is 192 g/mol. The zero-order valence-electron chi connectivity index (χ0n) is 6.20. The number of benzene rings is 1. The lowest BCUT2D eigenvalue weighted by Crippen LogP contribution is -2.10. The van der Waals surface area contributed by atoms with Crippen LogP contribution in [0.2, 0.25) is 0 Å². The van der Waals surface area contributed by atoms with E-state index >= 15 is 0 Å². The Bertz CT molecular complexity index is 312. The third-order valence-electron chi connectivity index (χ3n) is 2.07. The first-order valence-corrected chi connectivity index (χ1v) is 5.10. The molecule has 0 heterocycles. The number of aryl methyl sites for hydroxylation is 1. The van der Waals surface area contributed by atoms with Gasteiger partial charge in [0.05, 0.1) is 9.79 Å². The molecule has 1 aliphatic carbocycles. The molecule has 63 valence electrons. The molecular formula is C8H7O2S2. The minimum absolute atomic E-state index is 0.626. The topological polar surface area (TPSA) is 40.5 Å². The maximum atomic E-state index is 8.96. The predicted molar refractivity (Wildman–Crippen MR) is 49.7 cm³/mol. The Morgan fingerprint density at radius 3 is 2.58 bits per heavy atom. The van der Waals surface area contributed by atoms with Crippen LogP contribution in [0.3, 0.4) is 0 Å². The van der Waals surface area contributed by atoms with Gasteiger partial charge in [-0.25, -0.2) is 0 Å². The van der Waals surface area contributed by atoms with Crippen molar-refractivity contribution < 1.29 is 9.11 Å². The van der Waals surface area contributed by atoms with Crippen molar-refractivity contribution >= 4 is 24.1 Å². The van der Waals surface area contributed by atoms with E-state index in [9.17, 15) is 0 Å². The SMILES string of the molecule is OSc1[c]cc2c(c1SO)CC2. The van der Waals surface area contributed by atoms with Crippen molar-refractivity contribution in [2.75, 3.05) is 0 Å². The van der Waals surface area contributed by atoms with Crippen LogP contribution < -0.4 is 0 Å². The van der Waals surface area contributed by atoms with Gasteiger partial charge in [0.2, 0.25) is 0 Å². The Balaban J connectivity index is 2.51. The Hall–Kier alpha value is -0.160. The van der Waals surface area contributed by atoms with Gasteiger partial charge in [0.15, 0.2) is 0 Å². The number of rotatable bonds is 2. The van der Waals surface area contributed by atoms with Crippen LogP contribution in [0.4, 0.5) is 0 Å². The minimum atomic E-state index is 0.626. The van der Waals surface area contributed by atoms with Crippen molar-refractivity contribution in [3.05, 3.63) is 23.3 Å². The van der Waals surface area contributed by atoms with Crippen LogP contribution >= 0.6 is 24.1 Å². The normalized spacial score (nSPS) is 13.8. The Kier molecular flexibility index (Phi) is 2.32. The van der Waals surface area contributed by atoms with E-state index in [0.717, 1.165) is 23.3 Å². The van der Waals surface area contributed by atoms with Crippen molar-refractivity contribution in [1.29, 1.82) is 0 Å². The molecule has 0 amide bonds. The lowest BCUT2D eigenvalue weighted by Gasteiger charge is -2.21. The lowest BCUT2D eigenvalue weighted by molar-refractivity contribution is 0.645. The predicted octanol–water partition coefficient (Wildman–Crippen LogP) is 2.72. The van der Waals surface area contributed by atoms with E-state index in [1.165, 1.54) is 5.56 Å². The van der Waals surface area contributed by atoms with E-state index in [1.807, 2.05) is 6.07 Å². The largest absolute Gasteiger partial charge is 0.325 e. The summed E-state index contributed by atoms with van der Waals surface area (Å²) >= 11 is 1.34. The summed E-state index contributed by atoms with van der Waals surface area (Å²) in [4.78, 5) is 1.40. The van der Waals surface area contributed by atoms with Gasteiger partial charge in [-0.2, -0.15) is 0 Å². The third kappa shape index (κ3) is 1.15. The second-order valence-corrected chi connectivity index (χ2v) is 3.81.